The molecule has 0 unspecified atom stereocenters. The molecule has 2 aromatic carbocycles. The maximum Gasteiger partial charge on any atom is 0.331 e. The molecule has 0 spiro atoms. The van der Waals surface area contributed by atoms with Crippen LogP contribution >= 0.6 is 0 Å². The van der Waals surface area contributed by atoms with Crippen molar-refractivity contribution < 1.29 is 23.8 Å². The van der Waals surface area contributed by atoms with E-state index in [2.05, 4.69) is 0 Å². The number of hydrogen-bond donors (Lipinski definition) is 0. The van der Waals surface area contributed by atoms with Gasteiger partial charge in [-0.05, 0) is 29.8 Å². The maximum atomic E-state index is 12.2. The summed E-state index contributed by atoms with van der Waals surface area (Å²) in [6, 6.07) is 14.2. The van der Waals surface area contributed by atoms with E-state index in [1.54, 1.807) is 24.3 Å². The third-order valence-electron chi connectivity index (χ3n) is 3.26. The van der Waals surface area contributed by atoms with Gasteiger partial charge in [0.25, 0.3) is 0 Å². The highest BCUT2D eigenvalue weighted by Gasteiger charge is 2.15. The number of methoxy groups -OCH3 is 2. The maximum absolute atomic E-state index is 12.2. The van der Waals surface area contributed by atoms with E-state index in [-0.39, 0.29) is 12.4 Å². The first kappa shape index (κ1) is 17.3. The van der Waals surface area contributed by atoms with Gasteiger partial charge in [0.15, 0.2) is 6.61 Å². The third kappa shape index (κ3) is 4.71. The molecule has 0 aromatic heterocycles. The normalized spacial score (nSPS) is 10.4. The smallest absolute Gasteiger partial charge is 0.331 e. The Hall–Kier alpha value is -3.08. The number of benzene rings is 2. The molecule has 0 saturated carbocycles. The third-order valence-corrected chi connectivity index (χ3v) is 3.26. The molecule has 5 nitrogen and oxygen atoms in total. The van der Waals surface area contributed by atoms with E-state index < -0.39 is 5.97 Å². The summed E-state index contributed by atoms with van der Waals surface area (Å²) in [4.78, 5) is 23.9. The summed E-state index contributed by atoms with van der Waals surface area (Å²) in [5.41, 5.74) is 1.17. The van der Waals surface area contributed by atoms with Gasteiger partial charge in [-0.1, -0.05) is 30.3 Å². The van der Waals surface area contributed by atoms with Crippen molar-refractivity contribution in [3.63, 3.8) is 0 Å². The summed E-state index contributed by atoms with van der Waals surface area (Å²) < 4.78 is 15.2. The van der Waals surface area contributed by atoms with Crippen LogP contribution in [0.5, 0.6) is 11.5 Å². The molecule has 124 valence electrons. The van der Waals surface area contributed by atoms with E-state index in [9.17, 15) is 9.59 Å². The molecular weight excluding hydrogens is 308 g/mol. The second-order valence-corrected chi connectivity index (χ2v) is 4.84. The Labute approximate surface area is 140 Å². The van der Waals surface area contributed by atoms with Gasteiger partial charge in [0.05, 0.1) is 19.8 Å². The van der Waals surface area contributed by atoms with Gasteiger partial charge in [-0.15, -0.1) is 0 Å². The van der Waals surface area contributed by atoms with E-state index in [1.807, 2.05) is 30.3 Å². The molecule has 0 aliphatic carbocycles. The van der Waals surface area contributed by atoms with Crippen molar-refractivity contribution in [2.45, 2.75) is 0 Å². The van der Waals surface area contributed by atoms with Crippen molar-refractivity contribution in [2.24, 2.45) is 0 Å². The zero-order valence-corrected chi connectivity index (χ0v) is 13.5. The lowest BCUT2D eigenvalue weighted by molar-refractivity contribution is -0.136. The summed E-state index contributed by atoms with van der Waals surface area (Å²) in [5.74, 6) is -0.0348. The molecule has 0 atom stereocenters. The zero-order chi connectivity index (χ0) is 17.4. The lowest BCUT2D eigenvalue weighted by Crippen LogP contribution is -2.13. The Bertz CT molecular complexity index is 735. The van der Waals surface area contributed by atoms with Gasteiger partial charge in [-0.2, -0.15) is 0 Å². The van der Waals surface area contributed by atoms with Crippen molar-refractivity contribution in [1.82, 2.24) is 0 Å². The Kier molecular flexibility index (Phi) is 6.14. The van der Waals surface area contributed by atoms with Crippen LogP contribution in [0.4, 0.5) is 0 Å². The molecular formula is C19H18O5. The molecule has 24 heavy (non-hydrogen) atoms. The molecule has 0 fully saturated rings. The van der Waals surface area contributed by atoms with E-state index in [0.717, 1.165) is 5.56 Å². The number of hydrogen-bond acceptors (Lipinski definition) is 5. The Morgan fingerprint density at radius 3 is 2.42 bits per heavy atom. The van der Waals surface area contributed by atoms with Crippen LogP contribution in [0.25, 0.3) is 6.08 Å². The van der Waals surface area contributed by atoms with Crippen LogP contribution < -0.4 is 9.47 Å². The highest BCUT2D eigenvalue weighted by Crippen LogP contribution is 2.24. The number of ketones is 1. The van der Waals surface area contributed by atoms with Crippen LogP contribution in [0.1, 0.15) is 15.9 Å². The summed E-state index contributed by atoms with van der Waals surface area (Å²) in [6.45, 7) is -0.374. The first-order chi connectivity index (χ1) is 11.6. The number of ether oxygens (including phenoxy) is 3. The topological polar surface area (TPSA) is 61.8 Å². The molecule has 0 aliphatic rings. The van der Waals surface area contributed by atoms with Crippen molar-refractivity contribution in [2.75, 3.05) is 20.8 Å². The van der Waals surface area contributed by atoms with Gasteiger partial charge >= 0.3 is 5.97 Å². The van der Waals surface area contributed by atoms with E-state index in [4.69, 9.17) is 14.2 Å². The van der Waals surface area contributed by atoms with Gasteiger partial charge in [-0.3, -0.25) is 4.79 Å². The van der Waals surface area contributed by atoms with Gasteiger partial charge in [0.2, 0.25) is 5.78 Å². The fourth-order valence-corrected chi connectivity index (χ4v) is 2.02. The van der Waals surface area contributed by atoms with Crippen molar-refractivity contribution in [3.05, 3.63) is 65.7 Å². The van der Waals surface area contributed by atoms with Crippen molar-refractivity contribution in [1.29, 1.82) is 0 Å². The Morgan fingerprint density at radius 1 is 1.00 bits per heavy atom. The van der Waals surface area contributed by atoms with Crippen LogP contribution in [-0.4, -0.2) is 32.6 Å². The monoisotopic (exact) mass is 326 g/mol. The number of esters is 1. The summed E-state index contributed by atoms with van der Waals surface area (Å²) >= 11 is 0. The second kappa shape index (κ2) is 8.53. The molecule has 2 rings (SSSR count). The number of carbonyl (C=O) groups is 2. The molecule has 5 heteroatoms. The van der Waals surface area contributed by atoms with Gasteiger partial charge < -0.3 is 14.2 Å². The highest BCUT2D eigenvalue weighted by atomic mass is 16.5. The molecule has 0 amide bonds. The summed E-state index contributed by atoms with van der Waals surface area (Å²) in [7, 11) is 2.97. The minimum Gasteiger partial charge on any atom is -0.497 e. The van der Waals surface area contributed by atoms with E-state index in [0.29, 0.717) is 17.1 Å². The SMILES string of the molecule is COc1ccc(OC)c(C(=O)COC(=O)/C=C/c2ccccc2)c1. The molecule has 0 N–H and O–H groups in total. The lowest BCUT2D eigenvalue weighted by atomic mass is 10.1. The van der Waals surface area contributed by atoms with Crippen molar-refractivity contribution in [3.8, 4) is 11.5 Å². The zero-order valence-electron chi connectivity index (χ0n) is 13.5. The van der Waals surface area contributed by atoms with Crippen molar-refractivity contribution >= 4 is 17.8 Å². The summed E-state index contributed by atoms with van der Waals surface area (Å²) in [6.07, 6.45) is 2.91. The Balaban J connectivity index is 1.97. The van der Waals surface area contributed by atoms with Gasteiger partial charge in [0, 0.05) is 6.08 Å². The molecule has 0 bridgehead atoms. The van der Waals surface area contributed by atoms with E-state index >= 15 is 0 Å². The van der Waals surface area contributed by atoms with Crippen LogP contribution in [0.15, 0.2) is 54.6 Å². The highest BCUT2D eigenvalue weighted by molar-refractivity contribution is 6.01. The predicted octanol–water partition coefficient (Wildman–Crippen LogP) is 3.14. The largest absolute Gasteiger partial charge is 0.497 e. The van der Waals surface area contributed by atoms with Crippen LogP contribution in [0.2, 0.25) is 0 Å². The molecule has 0 heterocycles. The van der Waals surface area contributed by atoms with Crippen LogP contribution in [-0.2, 0) is 9.53 Å². The second-order valence-electron chi connectivity index (χ2n) is 4.84. The Morgan fingerprint density at radius 2 is 1.75 bits per heavy atom. The standard InChI is InChI=1S/C19H18O5/c1-22-15-9-10-18(23-2)16(12-15)17(20)13-24-19(21)11-8-14-6-4-3-5-7-14/h3-12H,13H2,1-2H3/b11-8+. The average Bonchev–Trinajstić information content (AvgIpc) is 2.64. The predicted molar refractivity (Wildman–Crippen MR) is 90.3 cm³/mol. The van der Waals surface area contributed by atoms with Crippen LogP contribution in [0.3, 0.4) is 0 Å². The fraction of sp³-hybridized carbons (Fsp3) is 0.158. The first-order valence-corrected chi connectivity index (χ1v) is 7.29. The molecule has 2 aromatic rings. The number of Topliss-reactive ketones (excluding diaryl/α,β-unsaturated/α-hetero) is 1. The molecule has 0 saturated heterocycles. The molecule has 0 radical (unpaired) electrons. The van der Waals surface area contributed by atoms with Gasteiger partial charge in [-0.25, -0.2) is 4.79 Å². The minimum absolute atomic E-state index is 0.302. The number of rotatable bonds is 7. The lowest BCUT2D eigenvalue weighted by Gasteiger charge is -2.09. The minimum atomic E-state index is -0.589. The number of carbonyl (C=O) groups excluding carboxylic acids is 2. The molecule has 0 aliphatic heterocycles. The first-order valence-electron chi connectivity index (χ1n) is 7.29. The van der Waals surface area contributed by atoms with Crippen LogP contribution in [0, 0.1) is 0 Å². The average molecular weight is 326 g/mol. The fourth-order valence-electron chi connectivity index (χ4n) is 2.02. The summed E-state index contributed by atoms with van der Waals surface area (Å²) in [5, 5.41) is 0. The van der Waals surface area contributed by atoms with Gasteiger partial charge in [0.1, 0.15) is 11.5 Å². The van der Waals surface area contributed by atoms with E-state index in [1.165, 1.54) is 20.3 Å². The quantitative estimate of drug-likeness (QED) is 0.444.